The van der Waals surface area contributed by atoms with Crippen molar-refractivity contribution in [2.45, 2.75) is 26.8 Å². The van der Waals surface area contributed by atoms with Crippen LogP contribution >= 0.6 is 0 Å². The molecular formula is C21H23N3O3. The van der Waals surface area contributed by atoms with Gasteiger partial charge in [-0.3, -0.25) is 4.79 Å². The van der Waals surface area contributed by atoms with Crippen LogP contribution in [0.25, 0.3) is 11.4 Å². The van der Waals surface area contributed by atoms with Gasteiger partial charge in [0.25, 0.3) is 5.91 Å². The first-order valence-electron chi connectivity index (χ1n) is 8.72. The van der Waals surface area contributed by atoms with Gasteiger partial charge in [0.15, 0.2) is 0 Å². The second-order valence-corrected chi connectivity index (χ2v) is 7.32. The van der Waals surface area contributed by atoms with Crippen LogP contribution in [0.2, 0.25) is 0 Å². The molecule has 0 aliphatic rings. The Labute approximate surface area is 158 Å². The molecule has 1 aromatic heterocycles. The van der Waals surface area contributed by atoms with E-state index in [4.69, 9.17) is 9.26 Å². The molecule has 0 radical (unpaired) electrons. The predicted octanol–water partition coefficient (Wildman–Crippen LogP) is 4.26. The fraction of sp³-hybridized carbons (Fsp3) is 0.286. The lowest BCUT2D eigenvalue weighted by atomic mass is 9.86. The summed E-state index contributed by atoms with van der Waals surface area (Å²) in [4.78, 5) is 17.2. The minimum atomic E-state index is -0.433. The van der Waals surface area contributed by atoms with E-state index in [1.807, 2.05) is 51.1 Å². The number of ether oxygens (including phenoxy) is 1. The van der Waals surface area contributed by atoms with E-state index >= 15 is 0 Å². The predicted molar refractivity (Wildman–Crippen MR) is 102 cm³/mol. The molecule has 0 aliphatic heterocycles. The maximum Gasteiger partial charge on any atom is 0.251 e. The van der Waals surface area contributed by atoms with Gasteiger partial charge >= 0.3 is 0 Å². The Hall–Kier alpha value is -3.15. The molecule has 0 aliphatic carbocycles. The van der Waals surface area contributed by atoms with Gasteiger partial charge in [-0.25, -0.2) is 0 Å². The van der Waals surface area contributed by atoms with Crippen LogP contribution in [0.4, 0.5) is 0 Å². The molecule has 1 heterocycles. The smallest absolute Gasteiger partial charge is 0.251 e. The highest BCUT2D eigenvalue weighted by atomic mass is 16.5. The fourth-order valence-electron chi connectivity index (χ4n) is 2.66. The van der Waals surface area contributed by atoms with Gasteiger partial charge in [-0.2, -0.15) is 4.98 Å². The zero-order chi connectivity index (χ0) is 19.4. The van der Waals surface area contributed by atoms with Crippen LogP contribution in [0.15, 0.2) is 59.1 Å². The maximum absolute atomic E-state index is 12.7. The van der Waals surface area contributed by atoms with Gasteiger partial charge in [0.1, 0.15) is 11.8 Å². The van der Waals surface area contributed by atoms with E-state index in [0.29, 0.717) is 23.0 Å². The highest BCUT2D eigenvalue weighted by Gasteiger charge is 2.33. The maximum atomic E-state index is 12.7. The summed E-state index contributed by atoms with van der Waals surface area (Å²) >= 11 is 0. The molecule has 1 atom stereocenters. The highest BCUT2D eigenvalue weighted by molar-refractivity contribution is 5.94. The Morgan fingerprint density at radius 1 is 1.07 bits per heavy atom. The minimum Gasteiger partial charge on any atom is -0.497 e. The number of rotatable bonds is 5. The van der Waals surface area contributed by atoms with Crippen molar-refractivity contribution in [2.75, 3.05) is 7.11 Å². The standard InChI is InChI=1S/C21H23N3O3/c1-21(2,3)17(22-19(25)15-10-12-16(26-4)13-11-15)20-23-18(24-27-20)14-8-6-5-7-9-14/h5-13,17H,1-4H3,(H,22,25). The summed E-state index contributed by atoms with van der Waals surface area (Å²) in [6, 6.07) is 16.1. The summed E-state index contributed by atoms with van der Waals surface area (Å²) in [5.41, 5.74) is 1.08. The summed E-state index contributed by atoms with van der Waals surface area (Å²) in [6.45, 7) is 6.04. The average Bonchev–Trinajstić information content (AvgIpc) is 3.15. The number of hydrogen-bond acceptors (Lipinski definition) is 5. The zero-order valence-electron chi connectivity index (χ0n) is 15.9. The topological polar surface area (TPSA) is 77.2 Å². The molecule has 0 saturated heterocycles. The van der Waals surface area contributed by atoms with Crippen molar-refractivity contribution in [3.63, 3.8) is 0 Å². The van der Waals surface area contributed by atoms with E-state index in [1.54, 1.807) is 31.4 Å². The summed E-state index contributed by atoms with van der Waals surface area (Å²) in [5, 5.41) is 7.09. The first-order chi connectivity index (χ1) is 12.9. The van der Waals surface area contributed by atoms with E-state index in [1.165, 1.54) is 0 Å². The molecule has 1 amide bonds. The van der Waals surface area contributed by atoms with Crippen molar-refractivity contribution in [1.29, 1.82) is 0 Å². The Morgan fingerprint density at radius 3 is 2.33 bits per heavy atom. The monoisotopic (exact) mass is 365 g/mol. The molecule has 3 rings (SSSR count). The van der Waals surface area contributed by atoms with Gasteiger partial charge in [0, 0.05) is 11.1 Å². The number of carbonyl (C=O) groups is 1. The van der Waals surface area contributed by atoms with E-state index in [2.05, 4.69) is 15.5 Å². The summed E-state index contributed by atoms with van der Waals surface area (Å²) in [5.74, 6) is 1.36. The van der Waals surface area contributed by atoms with Gasteiger partial charge in [-0.1, -0.05) is 56.3 Å². The second kappa shape index (κ2) is 7.61. The minimum absolute atomic E-state index is 0.211. The van der Waals surface area contributed by atoms with Crippen molar-refractivity contribution in [2.24, 2.45) is 5.41 Å². The molecule has 2 aromatic carbocycles. The number of amides is 1. The van der Waals surface area contributed by atoms with Crippen LogP contribution in [0.3, 0.4) is 0 Å². The first kappa shape index (κ1) is 18.6. The van der Waals surface area contributed by atoms with Gasteiger partial charge in [0.05, 0.1) is 7.11 Å². The lowest BCUT2D eigenvalue weighted by Crippen LogP contribution is -2.36. The van der Waals surface area contributed by atoms with Crippen LogP contribution in [-0.2, 0) is 0 Å². The average molecular weight is 365 g/mol. The third-order valence-electron chi connectivity index (χ3n) is 4.21. The molecule has 0 fully saturated rings. The molecule has 6 heteroatoms. The van der Waals surface area contributed by atoms with E-state index in [9.17, 15) is 4.79 Å². The van der Waals surface area contributed by atoms with E-state index < -0.39 is 6.04 Å². The van der Waals surface area contributed by atoms with Crippen molar-refractivity contribution < 1.29 is 14.1 Å². The van der Waals surface area contributed by atoms with Crippen molar-refractivity contribution >= 4 is 5.91 Å². The number of carbonyl (C=O) groups excluding carboxylic acids is 1. The number of nitrogens with zero attached hydrogens (tertiary/aromatic N) is 2. The normalized spacial score (nSPS) is 12.4. The lowest BCUT2D eigenvalue weighted by Gasteiger charge is -2.28. The SMILES string of the molecule is COc1ccc(C(=O)NC(c2nc(-c3ccccc3)no2)C(C)(C)C)cc1. The molecule has 1 N–H and O–H groups in total. The summed E-state index contributed by atoms with van der Waals surface area (Å²) in [6.07, 6.45) is 0. The van der Waals surface area contributed by atoms with Crippen molar-refractivity contribution in [3.8, 4) is 17.1 Å². The van der Waals surface area contributed by atoms with Crippen LogP contribution < -0.4 is 10.1 Å². The Morgan fingerprint density at radius 2 is 1.74 bits per heavy atom. The molecule has 6 nitrogen and oxygen atoms in total. The molecule has 0 bridgehead atoms. The molecular weight excluding hydrogens is 342 g/mol. The first-order valence-corrected chi connectivity index (χ1v) is 8.72. The van der Waals surface area contributed by atoms with Crippen molar-refractivity contribution in [1.82, 2.24) is 15.5 Å². The summed E-state index contributed by atoms with van der Waals surface area (Å²) < 4.78 is 10.6. The van der Waals surface area contributed by atoms with E-state index in [0.717, 1.165) is 5.56 Å². The number of benzene rings is 2. The number of hydrogen-bond donors (Lipinski definition) is 1. The Kier molecular flexibility index (Phi) is 5.26. The molecule has 140 valence electrons. The molecule has 0 saturated carbocycles. The highest BCUT2D eigenvalue weighted by Crippen LogP contribution is 2.33. The molecule has 3 aromatic rings. The van der Waals surface area contributed by atoms with Gasteiger partial charge < -0.3 is 14.6 Å². The third kappa shape index (κ3) is 4.34. The second-order valence-electron chi connectivity index (χ2n) is 7.32. The fourth-order valence-corrected chi connectivity index (χ4v) is 2.66. The lowest BCUT2D eigenvalue weighted by molar-refractivity contribution is 0.0881. The molecule has 1 unspecified atom stereocenters. The Balaban J connectivity index is 1.84. The zero-order valence-corrected chi connectivity index (χ0v) is 15.9. The number of aromatic nitrogens is 2. The van der Waals surface area contributed by atoms with Gasteiger partial charge in [-0.15, -0.1) is 0 Å². The number of methoxy groups -OCH3 is 1. The molecule has 0 spiro atoms. The largest absolute Gasteiger partial charge is 0.497 e. The van der Waals surface area contributed by atoms with Crippen molar-refractivity contribution in [3.05, 3.63) is 66.1 Å². The number of nitrogens with one attached hydrogen (secondary N) is 1. The van der Waals surface area contributed by atoms with Crippen LogP contribution in [0, 0.1) is 5.41 Å². The Bertz CT molecular complexity index is 896. The van der Waals surface area contributed by atoms with Crippen LogP contribution in [-0.4, -0.2) is 23.2 Å². The van der Waals surface area contributed by atoms with Crippen LogP contribution in [0.5, 0.6) is 5.75 Å². The van der Waals surface area contributed by atoms with Crippen LogP contribution in [0.1, 0.15) is 43.1 Å². The van der Waals surface area contributed by atoms with E-state index in [-0.39, 0.29) is 11.3 Å². The van der Waals surface area contributed by atoms with Gasteiger partial charge in [0.2, 0.25) is 11.7 Å². The quantitative estimate of drug-likeness (QED) is 0.731. The summed E-state index contributed by atoms with van der Waals surface area (Å²) in [7, 11) is 1.59. The molecule has 27 heavy (non-hydrogen) atoms. The third-order valence-corrected chi connectivity index (χ3v) is 4.21. The van der Waals surface area contributed by atoms with Gasteiger partial charge in [-0.05, 0) is 29.7 Å².